The molecule has 0 aliphatic heterocycles. The van der Waals surface area contributed by atoms with E-state index < -0.39 is 32.6 Å². The number of aliphatic hydroxyl groups is 1. The summed E-state index contributed by atoms with van der Waals surface area (Å²) < 4.78 is 24.1. The van der Waals surface area contributed by atoms with Crippen molar-refractivity contribution in [2.45, 2.75) is 24.9 Å². The van der Waals surface area contributed by atoms with Gasteiger partial charge in [-0.15, -0.1) is 0 Å². The van der Waals surface area contributed by atoms with Crippen LogP contribution in [0.5, 0.6) is 0 Å². The van der Waals surface area contributed by atoms with Gasteiger partial charge in [-0.2, -0.15) is 0 Å². The van der Waals surface area contributed by atoms with Gasteiger partial charge in [0.1, 0.15) is 5.52 Å². The Morgan fingerprint density at radius 2 is 2.14 bits per heavy atom. The molecule has 0 radical (unpaired) electrons. The molecular formula is C11H16FN4O5P. The zero-order valence-electron chi connectivity index (χ0n) is 11.4. The number of aromatic amines is 2. The van der Waals surface area contributed by atoms with Crippen molar-refractivity contribution in [1.29, 1.82) is 0 Å². The number of nitrogens with zero attached hydrogens (tertiary/aromatic N) is 1. The maximum absolute atomic E-state index is 13.3. The molecule has 6 N–H and O–H groups in total. The van der Waals surface area contributed by atoms with Crippen molar-refractivity contribution in [1.82, 2.24) is 20.3 Å². The summed E-state index contributed by atoms with van der Waals surface area (Å²) in [6.45, 7) is -0.341. The SMILES string of the molecule is O=c1[nH]cnc2c(CN[C@H](CO)CC(F)P(=O)(O)O)c[nH]c12. The van der Waals surface area contributed by atoms with Crippen LogP contribution in [-0.4, -0.2) is 48.4 Å². The number of aliphatic hydroxyl groups excluding tert-OH is 1. The van der Waals surface area contributed by atoms with Crippen LogP contribution in [0.2, 0.25) is 0 Å². The van der Waals surface area contributed by atoms with Crippen molar-refractivity contribution in [2.24, 2.45) is 0 Å². The number of H-pyrrole nitrogens is 2. The van der Waals surface area contributed by atoms with Gasteiger partial charge in [0.2, 0.25) is 5.91 Å². The molecule has 9 nitrogen and oxygen atoms in total. The summed E-state index contributed by atoms with van der Waals surface area (Å²) in [5.41, 5.74) is 1.00. The van der Waals surface area contributed by atoms with Crippen molar-refractivity contribution in [2.75, 3.05) is 6.61 Å². The summed E-state index contributed by atoms with van der Waals surface area (Å²) in [6, 6.07) is -0.838. The summed E-state index contributed by atoms with van der Waals surface area (Å²) in [7, 11) is -4.83. The second-order valence-electron chi connectivity index (χ2n) is 4.79. The highest BCUT2D eigenvalue weighted by atomic mass is 31.2. The molecule has 0 aromatic carbocycles. The number of hydrogen-bond donors (Lipinski definition) is 6. The molecule has 2 aromatic heterocycles. The van der Waals surface area contributed by atoms with E-state index >= 15 is 0 Å². The number of hydrogen-bond acceptors (Lipinski definition) is 5. The molecule has 0 aliphatic carbocycles. The molecule has 122 valence electrons. The largest absolute Gasteiger partial charge is 0.395 e. The van der Waals surface area contributed by atoms with Gasteiger partial charge in [0.05, 0.1) is 18.5 Å². The van der Waals surface area contributed by atoms with E-state index in [2.05, 4.69) is 20.3 Å². The Balaban J connectivity index is 2.05. The Labute approximate surface area is 123 Å². The molecule has 0 fully saturated rings. The fourth-order valence-electron chi connectivity index (χ4n) is 1.99. The van der Waals surface area contributed by atoms with Crippen LogP contribution in [0.1, 0.15) is 12.0 Å². The lowest BCUT2D eigenvalue weighted by Crippen LogP contribution is -2.34. The molecule has 11 heteroatoms. The van der Waals surface area contributed by atoms with Crippen LogP contribution in [0.4, 0.5) is 4.39 Å². The van der Waals surface area contributed by atoms with Crippen molar-refractivity contribution >= 4 is 18.6 Å². The van der Waals surface area contributed by atoms with E-state index in [4.69, 9.17) is 14.9 Å². The topological polar surface area (TPSA) is 151 Å². The first-order valence-corrected chi connectivity index (χ1v) is 8.08. The number of aromatic nitrogens is 3. The monoisotopic (exact) mass is 334 g/mol. The highest BCUT2D eigenvalue weighted by molar-refractivity contribution is 7.52. The van der Waals surface area contributed by atoms with Crippen molar-refractivity contribution in [3.63, 3.8) is 0 Å². The molecule has 1 unspecified atom stereocenters. The smallest absolute Gasteiger partial charge is 0.359 e. The third-order valence-corrected chi connectivity index (χ3v) is 4.13. The molecule has 0 amide bonds. The first kappa shape index (κ1) is 16.8. The fraction of sp³-hybridized carbons (Fsp3) is 0.455. The minimum atomic E-state index is -4.83. The summed E-state index contributed by atoms with van der Waals surface area (Å²) in [5.74, 6) is -2.35. The Bertz CT molecular complexity index is 741. The third-order valence-electron chi connectivity index (χ3n) is 3.19. The lowest BCUT2D eigenvalue weighted by atomic mass is 10.2. The van der Waals surface area contributed by atoms with E-state index in [9.17, 15) is 13.8 Å². The molecular weight excluding hydrogens is 318 g/mol. The molecule has 0 spiro atoms. The van der Waals surface area contributed by atoms with E-state index in [1.54, 1.807) is 6.20 Å². The van der Waals surface area contributed by atoms with Crippen LogP contribution in [0.3, 0.4) is 0 Å². The van der Waals surface area contributed by atoms with Crippen LogP contribution in [-0.2, 0) is 11.1 Å². The van der Waals surface area contributed by atoms with Crippen LogP contribution < -0.4 is 10.9 Å². The Morgan fingerprint density at radius 1 is 1.41 bits per heavy atom. The molecule has 2 atom stereocenters. The van der Waals surface area contributed by atoms with Gasteiger partial charge in [0, 0.05) is 30.8 Å². The number of rotatable bonds is 7. The van der Waals surface area contributed by atoms with Gasteiger partial charge < -0.3 is 30.2 Å². The van der Waals surface area contributed by atoms with E-state index in [1.807, 2.05) is 0 Å². The quantitative estimate of drug-likeness (QED) is 0.376. The predicted molar refractivity (Wildman–Crippen MR) is 76.0 cm³/mol. The normalized spacial score (nSPS) is 15.1. The molecule has 0 saturated carbocycles. The van der Waals surface area contributed by atoms with Gasteiger partial charge in [-0.05, 0) is 0 Å². The minimum Gasteiger partial charge on any atom is -0.395 e. The fourth-order valence-corrected chi connectivity index (χ4v) is 2.52. The highest BCUT2D eigenvalue weighted by Gasteiger charge is 2.31. The average Bonchev–Trinajstić information content (AvgIpc) is 2.86. The standard InChI is InChI=1S/C11H16FN4O5P/c12-8(22(19,20)21)1-7(4-17)13-2-6-3-14-10-9(6)15-5-16-11(10)18/h3,5,7-8,13-14,17H,1-2,4H2,(H,15,16,18)(H2,19,20,21)/t7-,8?/m0/s1. The Kier molecular flexibility index (Phi) is 5.09. The summed E-state index contributed by atoms with van der Waals surface area (Å²) in [4.78, 5) is 38.2. The van der Waals surface area contributed by atoms with Crippen molar-refractivity contribution < 1.29 is 23.8 Å². The highest BCUT2D eigenvalue weighted by Crippen LogP contribution is 2.44. The predicted octanol–water partition coefficient (Wildman–Crippen LogP) is -0.435. The molecule has 2 rings (SSSR count). The average molecular weight is 334 g/mol. The number of nitrogens with one attached hydrogen (secondary N) is 3. The van der Waals surface area contributed by atoms with E-state index in [1.165, 1.54) is 6.33 Å². The summed E-state index contributed by atoms with van der Waals surface area (Å²) >= 11 is 0. The van der Waals surface area contributed by atoms with Gasteiger partial charge in [-0.1, -0.05) is 0 Å². The zero-order valence-corrected chi connectivity index (χ0v) is 12.3. The van der Waals surface area contributed by atoms with Gasteiger partial charge in [-0.3, -0.25) is 9.36 Å². The summed E-state index contributed by atoms with van der Waals surface area (Å²) in [6.07, 6.45) is 2.26. The van der Waals surface area contributed by atoms with Gasteiger partial charge in [0.15, 0.2) is 0 Å². The molecule has 0 aliphatic rings. The van der Waals surface area contributed by atoms with Crippen LogP contribution in [0.15, 0.2) is 17.3 Å². The molecule has 2 heterocycles. The number of fused-ring (bicyclic) bond motifs is 1. The van der Waals surface area contributed by atoms with Crippen LogP contribution in [0.25, 0.3) is 11.0 Å². The van der Waals surface area contributed by atoms with E-state index in [-0.39, 0.29) is 12.1 Å². The van der Waals surface area contributed by atoms with Gasteiger partial charge in [0.25, 0.3) is 5.56 Å². The number of halogens is 1. The first-order valence-electron chi connectivity index (χ1n) is 6.40. The van der Waals surface area contributed by atoms with Crippen LogP contribution >= 0.6 is 7.60 Å². The second-order valence-corrected chi connectivity index (χ2v) is 6.53. The molecule has 0 saturated heterocycles. The Hall–Kier alpha value is -1.58. The van der Waals surface area contributed by atoms with Crippen molar-refractivity contribution in [3.8, 4) is 0 Å². The maximum atomic E-state index is 13.3. The van der Waals surface area contributed by atoms with Gasteiger partial charge >= 0.3 is 7.60 Å². The molecule has 0 bridgehead atoms. The van der Waals surface area contributed by atoms with E-state index in [0.717, 1.165) is 0 Å². The number of alkyl halides is 1. The molecule has 22 heavy (non-hydrogen) atoms. The lowest BCUT2D eigenvalue weighted by Gasteiger charge is -2.18. The van der Waals surface area contributed by atoms with Crippen LogP contribution in [0, 0.1) is 0 Å². The van der Waals surface area contributed by atoms with E-state index in [0.29, 0.717) is 16.6 Å². The summed E-state index contributed by atoms with van der Waals surface area (Å²) in [5, 5.41) is 11.9. The maximum Gasteiger partial charge on any atom is 0.359 e. The minimum absolute atomic E-state index is 0.148. The molecule has 2 aromatic rings. The third kappa shape index (κ3) is 3.79. The van der Waals surface area contributed by atoms with Crippen molar-refractivity contribution in [3.05, 3.63) is 28.4 Å². The lowest BCUT2D eigenvalue weighted by molar-refractivity contribution is 0.206. The Morgan fingerprint density at radius 3 is 2.77 bits per heavy atom. The zero-order chi connectivity index (χ0) is 16.3. The van der Waals surface area contributed by atoms with Gasteiger partial charge in [-0.25, -0.2) is 9.37 Å². The second kappa shape index (κ2) is 6.67. The first-order chi connectivity index (χ1) is 10.3.